The third-order valence-corrected chi connectivity index (χ3v) is 5.76. The maximum atomic E-state index is 13.3. The fourth-order valence-electron chi connectivity index (χ4n) is 3.95. The van der Waals surface area contributed by atoms with E-state index in [4.69, 9.17) is 4.74 Å². The van der Waals surface area contributed by atoms with E-state index in [1.165, 1.54) is 5.56 Å². The third-order valence-electron chi connectivity index (χ3n) is 5.76. The Hall–Kier alpha value is -3.60. The van der Waals surface area contributed by atoms with Gasteiger partial charge >= 0.3 is 0 Å². The van der Waals surface area contributed by atoms with Crippen LogP contribution in [0.25, 0.3) is 10.9 Å². The number of pyridine rings is 1. The lowest BCUT2D eigenvalue weighted by Gasteiger charge is -2.19. The molecule has 2 aromatic heterocycles. The van der Waals surface area contributed by atoms with Crippen LogP contribution in [-0.4, -0.2) is 22.1 Å². The fourth-order valence-corrected chi connectivity index (χ4v) is 3.95. The average molecular weight is 442 g/mol. The van der Waals surface area contributed by atoms with Crippen molar-refractivity contribution in [2.24, 2.45) is 0 Å². The van der Waals surface area contributed by atoms with E-state index in [1.54, 1.807) is 6.20 Å². The molecule has 0 saturated heterocycles. The van der Waals surface area contributed by atoms with Gasteiger partial charge in [0.25, 0.3) is 5.91 Å². The second-order valence-electron chi connectivity index (χ2n) is 9.19. The van der Waals surface area contributed by atoms with Crippen LogP contribution in [0.4, 0.5) is 0 Å². The van der Waals surface area contributed by atoms with Gasteiger partial charge in [0.15, 0.2) is 0 Å². The van der Waals surface area contributed by atoms with Gasteiger partial charge in [-0.3, -0.25) is 9.78 Å². The highest BCUT2D eigenvalue weighted by atomic mass is 16.5. The van der Waals surface area contributed by atoms with Crippen molar-refractivity contribution in [2.45, 2.75) is 46.2 Å². The zero-order valence-electron chi connectivity index (χ0n) is 19.8. The number of fused-ring (bicyclic) bond motifs is 1. The van der Waals surface area contributed by atoms with Gasteiger partial charge in [-0.05, 0) is 53.8 Å². The molecular weight excluding hydrogens is 410 g/mol. The molecule has 5 nitrogen and oxygen atoms in total. The zero-order chi connectivity index (χ0) is 23.4. The molecule has 170 valence electrons. The number of hydrogen-bond donors (Lipinski definition) is 1. The Morgan fingerprint density at radius 3 is 2.48 bits per heavy atom. The Morgan fingerprint density at radius 1 is 1.03 bits per heavy atom. The van der Waals surface area contributed by atoms with Gasteiger partial charge in [-0.1, -0.05) is 57.2 Å². The minimum atomic E-state index is -0.134. The summed E-state index contributed by atoms with van der Waals surface area (Å²) in [7, 11) is 0. The van der Waals surface area contributed by atoms with Crippen molar-refractivity contribution in [3.8, 4) is 5.75 Å². The minimum absolute atomic E-state index is 0.0988. The number of carbonyl (C=O) groups is 1. The molecule has 0 radical (unpaired) electrons. The first-order chi connectivity index (χ1) is 15.9. The molecule has 0 atom stereocenters. The average Bonchev–Trinajstić information content (AvgIpc) is 3.17. The molecule has 1 N–H and O–H groups in total. The van der Waals surface area contributed by atoms with E-state index in [0.717, 1.165) is 27.9 Å². The first-order valence-electron chi connectivity index (χ1n) is 11.4. The summed E-state index contributed by atoms with van der Waals surface area (Å²) in [5.41, 5.74) is 4.93. The molecular formula is C28H31N3O2. The highest BCUT2D eigenvalue weighted by Gasteiger charge is 2.19. The number of carbonyl (C=O) groups excluding carboxylic acids is 1. The second-order valence-corrected chi connectivity index (χ2v) is 9.19. The summed E-state index contributed by atoms with van der Waals surface area (Å²) < 4.78 is 7.91. The van der Waals surface area contributed by atoms with Crippen molar-refractivity contribution in [3.05, 3.63) is 95.4 Å². The van der Waals surface area contributed by atoms with Crippen LogP contribution in [0.3, 0.4) is 0 Å². The van der Waals surface area contributed by atoms with Crippen molar-refractivity contribution in [3.63, 3.8) is 0 Å². The quantitative estimate of drug-likeness (QED) is 0.400. The molecule has 0 aliphatic carbocycles. The highest BCUT2D eigenvalue weighted by Crippen LogP contribution is 2.30. The molecule has 0 saturated carbocycles. The number of benzene rings is 2. The molecule has 0 aliphatic heterocycles. The molecule has 2 heterocycles. The van der Waals surface area contributed by atoms with E-state index in [9.17, 15) is 4.79 Å². The van der Waals surface area contributed by atoms with E-state index < -0.39 is 0 Å². The summed E-state index contributed by atoms with van der Waals surface area (Å²) >= 11 is 0. The van der Waals surface area contributed by atoms with Crippen LogP contribution in [0.5, 0.6) is 5.75 Å². The standard InChI is InChI=1S/C28H31N3O2/c1-5-33-26-11-8-10-24-23(26)17-25(27(32)30-18-22-9-6-7-16-29-22)31(24)19-20-12-14-21(15-13-20)28(2,3)4/h6-17H,5,18-19H2,1-4H3,(H,30,32). The maximum Gasteiger partial charge on any atom is 0.268 e. The van der Waals surface area contributed by atoms with Crippen LogP contribution in [0.1, 0.15) is 55.0 Å². The molecule has 2 aromatic carbocycles. The van der Waals surface area contributed by atoms with Gasteiger partial charge in [-0.2, -0.15) is 0 Å². The molecule has 0 unspecified atom stereocenters. The van der Waals surface area contributed by atoms with E-state index in [0.29, 0.717) is 25.4 Å². The first-order valence-corrected chi connectivity index (χ1v) is 11.4. The number of nitrogens with zero attached hydrogens (tertiary/aromatic N) is 2. The molecule has 0 fully saturated rings. The van der Waals surface area contributed by atoms with E-state index in [-0.39, 0.29) is 11.3 Å². The SMILES string of the molecule is CCOc1cccc2c1cc(C(=O)NCc1ccccn1)n2Cc1ccc(C(C)(C)C)cc1. The van der Waals surface area contributed by atoms with Crippen LogP contribution < -0.4 is 10.1 Å². The van der Waals surface area contributed by atoms with Gasteiger partial charge in [0.05, 0.1) is 24.4 Å². The van der Waals surface area contributed by atoms with E-state index in [1.807, 2.05) is 49.4 Å². The summed E-state index contributed by atoms with van der Waals surface area (Å²) in [5.74, 6) is 0.654. The largest absolute Gasteiger partial charge is 0.493 e. The molecule has 0 bridgehead atoms. The summed E-state index contributed by atoms with van der Waals surface area (Å²) in [6, 6.07) is 22.2. The molecule has 33 heavy (non-hydrogen) atoms. The summed E-state index contributed by atoms with van der Waals surface area (Å²) in [6.07, 6.45) is 1.73. The van der Waals surface area contributed by atoms with Gasteiger partial charge in [0.2, 0.25) is 0 Å². The molecule has 5 heteroatoms. The fraction of sp³-hybridized carbons (Fsp3) is 0.286. The topological polar surface area (TPSA) is 56.1 Å². The number of aromatic nitrogens is 2. The molecule has 0 aliphatic rings. The van der Waals surface area contributed by atoms with Crippen molar-refractivity contribution in [2.75, 3.05) is 6.61 Å². The van der Waals surface area contributed by atoms with Gasteiger partial charge < -0.3 is 14.6 Å². The summed E-state index contributed by atoms with van der Waals surface area (Å²) in [5, 5.41) is 3.96. The predicted molar refractivity (Wildman–Crippen MR) is 133 cm³/mol. The van der Waals surface area contributed by atoms with Crippen molar-refractivity contribution >= 4 is 16.8 Å². The minimum Gasteiger partial charge on any atom is -0.493 e. The molecule has 4 aromatic rings. The Bertz CT molecular complexity index is 1240. The van der Waals surface area contributed by atoms with Crippen molar-refractivity contribution < 1.29 is 9.53 Å². The summed E-state index contributed by atoms with van der Waals surface area (Å²) in [4.78, 5) is 17.6. The molecule has 0 spiro atoms. The first kappa shape index (κ1) is 22.6. The van der Waals surface area contributed by atoms with Crippen LogP contribution in [-0.2, 0) is 18.5 Å². The van der Waals surface area contributed by atoms with Crippen LogP contribution in [0.15, 0.2) is 72.9 Å². The van der Waals surface area contributed by atoms with Crippen LogP contribution in [0, 0.1) is 0 Å². The number of ether oxygens (including phenoxy) is 1. The third kappa shape index (κ3) is 5.08. The predicted octanol–water partition coefficient (Wildman–Crippen LogP) is 5.71. The second kappa shape index (κ2) is 9.49. The van der Waals surface area contributed by atoms with Crippen molar-refractivity contribution in [1.82, 2.24) is 14.9 Å². The Labute approximate surface area is 195 Å². The highest BCUT2D eigenvalue weighted by molar-refractivity contribution is 6.00. The normalized spacial score (nSPS) is 11.5. The van der Waals surface area contributed by atoms with Gasteiger partial charge in [0, 0.05) is 18.1 Å². The number of rotatable bonds is 7. The zero-order valence-corrected chi connectivity index (χ0v) is 19.8. The number of hydrogen-bond acceptors (Lipinski definition) is 3. The molecule has 4 rings (SSSR count). The van der Waals surface area contributed by atoms with E-state index in [2.05, 4.69) is 59.9 Å². The van der Waals surface area contributed by atoms with Gasteiger partial charge in [-0.25, -0.2) is 0 Å². The maximum absolute atomic E-state index is 13.3. The molecule has 1 amide bonds. The summed E-state index contributed by atoms with van der Waals surface area (Å²) in [6.45, 7) is 10.1. The Morgan fingerprint density at radius 2 is 1.82 bits per heavy atom. The Balaban J connectivity index is 1.69. The Kier molecular flexibility index (Phi) is 6.50. The van der Waals surface area contributed by atoms with Crippen molar-refractivity contribution in [1.29, 1.82) is 0 Å². The lowest BCUT2D eigenvalue weighted by atomic mass is 9.87. The van der Waals surface area contributed by atoms with Gasteiger partial charge in [0.1, 0.15) is 11.4 Å². The smallest absolute Gasteiger partial charge is 0.268 e. The van der Waals surface area contributed by atoms with E-state index >= 15 is 0 Å². The lowest BCUT2D eigenvalue weighted by molar-refractivity contribution is 0.0942. The van der Waals surface area contributed by atoms with Crippen LogP contribution in [0.2, 0.25) is 0 Å². The van der Waals surface area contributed by atoms with Gasteiger partial charge in [-0.15, -0.1) is 0 Å². The van der Waals surface area contributed by atoms with Crippen LogP contribution >= 0.6 is 0 Å². The number of nitrogens with one attached hydrogen (secondary N) is 1. The lowest BCUT2D eigenvalue weighted by Crippen LogP contribution is -2.26. The monoisotopic (exact) mass is 441 g/mol. The number of amides is 1.